The summed E-state index contributed by atoms with van der Waals surface area (Å²) in [6.45, 7) is 13.4. The Balaban J connectivity index is 0.00000176. The topological polar surface area (TPSA) is 46.6 Å². The molecule has 5 heteroatoms. The molecular weight excluding hydrogens is 358 g/mol. The van der Waals surface area contributed by atoms with Crippen LogP contribution in [0.3, 0.4) is 0 Å². The van der Waals surface area contributed by atoms with Crippen LogP contribution in [-0.4, -0.2) is 47.5 Å². The summed E-state index contributed by atoms with van der Waals surface area (Å²) < 4.78 is 5.79. The first-order chi connectivity index (χ1) is 13.0. The third-order valence-electron chi connectivity index (χ3n) is 4.80. The monoisotopic (exact) mass is 391 g/mol. The van der Waals surface area contributed by atoms with Gasteiger partial charge < -0.3 is 9.64 Å². The number of aryl methyl sites for hydroxylation is 1. The molecule has 0 unspecified atom stereocenters. The number of carbonyl (C=O) groups is 2. The number of ether oxygens (including phenoxy) is 1. The number of hydrogen-bond donors (Lipinski definition) is 0. The highest BCUT2D eigenvalue weighted by Gasteiger charge is 2.38. The fourth-order valence-electron chi connectivity index (χ4n) is 2.68. The number of ketones is 1. The average Bonchev–Trinajstić information content (AvgIpc) is 3.17. The van der Waals surface area contributed by atoms with Crippen molar-refractivity contribution in [2.75, 3.05) is 25.5 Å². The van der Waals surface area contributed by atoms with E-state index in [1.165, 1.54) is 5.56 Å². The summed E-state index contributed by atoms with van der Waals surface area (Å²) in [5.74, 6) is 0.227. The standard InChI is InChI=1S/C20H29NO3S.C2H4/c1-4-20(2,3)18(22)19(23)21-12-14-25-17(21)15-24-13-8-11-16-9-6-5-7-10-16;1-2/h5-7,9-10,17H,4,8,11-15H2,1-3H3;1-2H2/t17-;/m1./s1. The molecule has 1 atom stereocenters. The maximum absolute atomic E-state index is 12.5. The fourth-order valence-corrected chi connectivity index (χ4v) is 3.83. The molecule has 2 rings (SSSR count). The van der Waals surface area contributed by atoms with Crippen LogP contribution in [0.15, 0.2) is 43.5 Å². The van der Waals surface area contributed by atoms with E-state index in [9.17, 15) is 9.59 Å². The van der Waals surface area contributed by atoms with E-state index in [0.717, 1.165) is 18.6 Å². The predicted octanol–water partition coefficient (Wildman–Crippen LogP) is 4.34. The summed E-state index contributed by atoms with van der Waals surface area (Å²) in [4.78, 5) is 26.7. The highest BCUT2D eigenvalue weighted by Crippen LogP contribution is 2.28. The lowest BCUT2D eigenvalue weighted by molar-refractivity contribution is -0.149. The van der Waals surface area contributed by atoms with Gasteiger partial charge in [0.05, 0.1) is 6.61 Å². The lowest BCUT2D eigenvalue weighted by Crippen LogP contribution is -2.45. The molecule has 0 aliphatic carbocycles. The van der Waals surface area contributed by atoms with Gasteiger partial charge in [0.2, 0.25) is 5.78 Å². The second-order valence-electron chi connectivity index (χ2n) is 7.05. The molecule has 1 aromatic carbocycles. The summed E-state index contributed by atoms with van der Waals surface area (Å²) in [5.41, 5.74) is 0.719. The second-order valence-corrected chi connectivity index (χ2v) is 8.34. The zero-order valence-electron chi connectivity index (χ0n) is 16.9. The minimum atomic E-state index is -0.592. The molecule has 0 aromatic heterocycles. The zero-order chi connectivity index (χ0) is 20.3. The molecule has 1 saturated heterocycles. The molecule has 0 saturated carbocycles. The van der Waals surface area contributed by atoms with Crippen LogP contribution in [0.2, 0.25) is 0 Å². The first kappa shape index (κ1) is 23.4. The molecule has 1 heterocycles. The summed E-state index contributed by atoms with van der Waals surface area (Å²) in [6.07, 6.45) is 2.61. The second kappa shape index (κ2) is 12.0. The zero-order valence-corrected chi connectivity index (χ0v) is 17.7. The first-order valence-corrected chi connectivity index (χ1v) is 10.6. The molecule has 1 amide bonds. The molecule has 150 valence electrons. The Morgan fingerprint density at radius 3 is 2.56 bits per heavy atom. The summed E-state index contributed by atoms with van der Waals surface area (Å²) in [7, 11) is 0. The van der Waals surface area contributed by atoms with Gasteiger partial charge in [-0.3, -0.25) is 9.59 Å². The van der Waals surface area contributed by atoms with Crippen LogP contribution >= 0.6 is 11.8 Å². The number of benzene rings is 1. The van der Waals surface area contributed by atoms with Crippen molar-refractivity contribution in [2.24, 2.45) is 5.41 Å². The maximum atomic E-state index is 12.5. The van der Waals surface area contributed by atoms with Gasteiger partial charge in [-0.25, -0.2) is 0 Å². The van der Waals surface area contributed by atoms with Crippen LogP contribution in [0.25, 0.3) is 0 Å². The van der Waals surface area contributed by atoms with Crippen LogP contribution in [0, 0.1) is 5.41 Å². The lowest BCUT2D eigenvalue weighted by atomic mass is 9.84. The Hall–Kier alpha value is -1.59. The third-order valence-corrected chi connectivity index (χ3v) is 5.99. The average molecular weight is 392 g/mol. The van der Waals surface area contributed by atoms with Crippen molar-refractivity contribution in [3.05, 3.63) is 49.1 Å². The van der Waals surface area contributed by atoms with E-state index in [2.05, 4.69) is 25.3 Å². The van der Waals surface area contributed by atoms with Gasteiger partial charge in [0, 0.05) is 24.3 Å². The Morgan fingerprint density at radius 1 is 1.26 bits per heavy atom. The Labute approximate surface area is 168 Å². The van der Waals surface area contributed by atoms with E-state index in [-0.39, 0.29) is 17.1 Å². The van der Waals surface area contributed by atoms with Gasteiger partial charge in [-0.15, -0.1) is 24.9 Å². The molecular formula is C22H33NO3S. The van der Waals surface area contributed by atoms with Crippen LogP contribution in [0.5, 0.6) is 0 Å². The summed E-state index contributed by atoms with van der Waals surface area (Å²) in [6, 6.07) is 10.3. The number of Topliss-reactive ketones (excluding diaryl/α,β-unsaturated/α-hetero) is 1. The molecule has 1 aliphatic heterocycles. The number of carbonyl (C=O) groups excluding carboxylic acids is 2. The fraction of sp³-hybridized carbons (Fsp3) is 0.545. The van der Waals surface area contributed by atoms with Crippen LogP contribution in [-0.2, 0) is 20.7 Å². The van der Waals surface area contributed by atoms with E-state index in [1.54, 1.807) is 16.7 Å². The Kier molecular flexibility index (Phi) is 10.4. The predicted molar refractivity (Wildman–Crippen MR) is 114 cm³/mol. The number of amides is 1. The van der Waals surface area contributed by atoms with Crippen LogP contribution < -0.4 is 0 Å². The van der Waals surface area contributed by atoms with E-state index >= 15 is 0 Å². The molecule has 0 spiro atoms. The van der Waals surface area contributed by atoms with E-state index in [0.29, 0.717) is 26.2 Å². The van der Waals surface area contributed by atoms with Crippen molar-refractivity contribution in [2.45, 2.75) is 45.4 Å². The lowest BCUT2D eigenvalue weighted by Gasteiger charge is -2.27. The molecule has 1 fully saturated rings. The third kappa shape index (κ3) is 7.15. The smallest absolute Gasteiger partial charge is 0.291 e. The molecule has 0 radical (unpaired) electrons. The van der Waals surface area contributed by atoms with Gasteiger partial charge in [-0.1, -0.05) is 51.1 Å². The van der Waals surface area contributed by atoms with Gasteiger partial charge in [0.1, 0.15) is 5.37 Å². The highest BCUT2D eigenvalue weighted by atomic mass is 32.2. The number of rotatable bonds is 9. The quantitative estimate of drug-likeness (QED) is 0.357. The normalized spacial score (nSPS) is 16.6. The molecule has 27 heavy (non-hydrogen) atoms. The van der Waals surface area contributed by atoms with Gasteiger partial charge in [0.25, 0.3) is 5.91 Å². The van der Waals surface area contributed by atoms with E-state index in [1.807, 2.05) is 39.0 Å². The molecule has 0 bridgehead atoms. The largest absolute Gasteiger partial charge is 0.378 e. The number of thioether (sulfide) groups is 1. The van der Waals surface area contributed by atoms with E-state index in [4.69, 9.17) is 4.74 Å². The Bertz CT molecular complexity index is 588. The van der Waals surface area contributed by atoms with Gasteiger partial charge in [0.15, 0.2) is 0 Å². The minimum Gasteiger partial charge on any atom is -0.378 e. The van der Waals surface area contributed by atoms with E-state index < -0.39 is 5.41 Å². The van der Waals surface area contributed by atoms with Crippen LogP contribution in [0.4, 0.5) is 0 Å². The first-order valence-electron chi connectivity index (χ1n) is 9.54. The van der Waals surface area contributed by atoms with Crippen molar-refractivity contribution in [3.63, 3.8) is 0 Å². The van der Waals surface area contributed by atoms with Gasteiger partial charge >= 0.3 is 0 Å². The summed E-state index contributed by atoms with van der Waals surface area (Å²) in [5, 5.41) is -0.0409. The van der Waals surface area contributed by atoms with Crippen molar-refractivity contribution in [1.82, 2.24) is 4.90 Å². The number of hydrogen-bond acceptors (Lipinski definition) is 4. The van der Waals surface area contributed by atoms with Gasteiger partial charge in [-0.05, 0) is 24.8 Å². The summed E-state index contributed by atoms with van der Waals surface area (Å²) >= 11 is 1.70. The SMILES string of the molecule is C=C.CCC(C)(C)C(=O)C(=O)N1CCS[C@@H]1COCCCc1ccccc1. The van der Waals surface area contributed by atoms with Gasteiger partial charge in [-0.2, -0.15) is 0 Å². The van der Waals surface area contributed by atoms with Crippen molar-refractivity contribution >= 4 is 23.5 Å². The maximum Gasteiger partial charge on any atom is 0.291 e. The Morgan fingerprint density at radius 2 is 1.93 bits per heavy atom. The molecule has 0 N–H and O–H groups in total. The number of nitrogens with zero attached hydrogens (tertiary/aromatic N) is 1. The van der Waals surface area contributed by atoms with Crippen molar-refractivity contribution in [3.8, 4) is 0 Å². The van der Waals surface area contributed by atoms with Crippen molar-refractivity contribution in [1.29, 1.82) is 0 Å². The molecule has 4 nitrogen and oxygen atoms in total. The highest BCUT2D eigenvalue weighted by molar-refractivity contribution is 8.00. The molecule has 1 aliphatic rings. The minimum absolute atomic E-state index is 0.0409. The molecule has 1 aromatic rings. The van der Waals surface area contributed by atoms with Crippen LogP contribution in [0.1, 0.15) is 39.2 Å². The van der Waals surface area contributed by atoms with Crippen molar-refractivity contribution < 1.29 is 14.3 Å².